The minimum Gasteiger partial charge on any atom is -0.504 e. The molecule has 0 aliphatic heterocycles. The Balaban J connectivity index is 2.28. The number of phenols is 1. The highest BCUT2D eigenvalue weighted by Gasteiger charge is 2.07. The molecule has 0 atom stereocenters. The van der Waals surface area contributed by atoms with Gasteiger partial charge in [0.05, 0.1) is 12.1 Å². The van der Waals surface area contributed by atoms with Crippen LogP contribution in [-0.4, -0.2) is 12.2 Å². The Morgan fingerprint density at radius 2 is 2.00 bits per heavy atom. The predicted octanol–water partition coefficient (Wildman–Crippen LogP) is 4.34. The monoisotopic (exact) mass is 284 g/mol. The van der Waals surface area contributed by atoms with E-state index in [-0.39, 0.29) is 11.6 Å². The molecule has 0 saturated heterocycles. The van der Waals surface area contributed by atoms with E-state index in [0.717, 1.165) is 9.79 Å². The van der Waals surface area contributed by atoms with E-state index < -0.39 is 0 Å². The Hall–Kier alpha value is -1.39. The maximum absolute atomic E-state index is 12.9. The van der Waals surface area contributed by atoms with E-state index in [1.165, 1.54) is 31.0 Å². The van der Waals surface area contributed by atoms with Crippen molar-refractivity contribution < 1.29 is 14.2 Å². The van der Waals surface area contributed by atoms with Crippen LogP contribution in [-0.2, 0) is 0 Å². The average molecular weight is 285 g/mol. The summed E-state index contributed by atoms with van der Waals surface area (Å²) in [5.41, 5.74) is 0. The van der Waals surface area contributed by atoms with E-state index in [2.05, 4.69) is 0 Å². The highest BCUT2D eigenvalue weighted by Crippen LogP contribution is 2.37. The molecule has 0 saturated carbocycles. The highest BCUT2D eigenvalue weighted by atomic mass is 35.5. The van der Waals surface area contributed by atoms with Gasteiger partial charge in [-0.05, 0) is 36.4 Å². The fourth-order valence-electron chi connectivity index (χ4n) is 1.41. The van der Waals surface area contributed by atoms with Crippen LogP contribution in [0.3, 0.4) is 0 Å². The molecule has 0 amide bonds. The Morgan fingerprint density at radius 3 is 2.67 bits per heavy atom. The van der Waals surface area contributed by atoms with Gasteiger partial charge in [-0.2, -0.15) is 0 Å². The summed E-state index contributed by atoms with van der Waals surface area (Å²) < 4.78 is 17.9. The molecule has 2 aromatic carbocycles. The standard InChI is InChI=1S/C13H10ClFO2S/c1-17-12-7-9(3-4-11(12)16)18-13-5-2-8(15)6-10(13)14/h2-7,16H,1H3. The van der Waals surface area contributed by atoms with Crippen LogP contribution in [0, 0.1) is 5.82 Å². The molecule has 2 aromatic rings. The van der Waals surface area contributed by atoms with Crippen LogP contribution >= 0.6 is 23.4 Å². The topological polar surface area (TPSA) is 29.5 Å². The van der Waals surface area contributed by atoms with Crippen molar-refractivity contribution in [2.24, 2.45) is 0 Å². The van der Waals surface area contributed by atoms with Crippen molar-refractivity contribution in [2.45, 2.75) is 9.79 Å². The largest absolute Gasteiger partial charge is 0.504 e. The summed E-state index contributed by atoms with van der Waals surface area (Å²) >= 11 is 7.31. The summed E-state index contributed by atoms with van der Waals surface area (Å²) in [5.74, 6) is 0.0953. The third kappa shape index (κ3) is 2.89. The van der Waals surface area contributed by atoms with Crippen LogP contribution < -0.4 is 4.74 Å². The number of methoxy groups -OCH3 is 1. The van der Waals surface area contributed by atoms with Crippen LogP contribution in [0.5, 0.6) is 11.5 Å². The van der Waals surface area contributed by atoms with Crippen LogP contribution in [0.25, 0.3) is 0 Å². The van der Waals surface area contributed by atoms with Crippen molar-refractivity contribution >= 4 is 23.4 Å². The number of hydrogen-bond donors (Lipinski definition) is 1. The second-order valence-electron chi connectivity index (χ2n) is 3.51. The molecule has 0 radical (unpaired) electrons. The molecule has 0 aliphatic rings. The van der Waals surface area contributed by atoms with Crippen LogP contribution in [0.2, 0.25) is 5.02 Å². The van der Waals surface area contributed by atoms with Crippen molar-refractivity contribution in [1.82, 2.24) is 0 Å². The maximum atomic E-state index is 12.9. The van der Waals surface area contributed by atoms with Gasteiger partial charge in [0, 0.05) is 9.79 Å². The predicted molar refractivity (Wildman–Crippen MR) is 70.2 cm³/mol. The zero-order valence-electron chi connectivity index (χ0n) is 9.48. The number of rotatable bonds is 3. The van der Waals surface area contributed by atoms with Gasteiger partial charge in [0.15, 0.2) is 11.5 Å². The Bertz CT molecular complexity index is 575. The second kappa shape index (κ2) is 5.50. The molecule has 2 nitrogen and oxygen atoms in total. The van der Waals surface area contributed by atoms with Crippen molar-refractivity contribution in [3.05, 3.63) is 47.2 Å². The number of ether oxygens (including phenoxy) is 1. The fraction of sp³-hybridized carbons (Fsp3) is 0.0769. The Kier molecular flexibility index (Phi) is 3.99. The van der Waals surface area contributed by atoms with Crippen molar-refractivity contribution in [2.75, 3.05) is 7.11 Å². The summed E-state index contributed by atoms with van der Waals surface area (Å²) in [6.45, 7) is 0. The van der Waals surface area contributed by atoms with Gasteiger partial charge in [0.1, 0.15) is 5.82 Å². The number of benzene rings is 2. The molecule has 1 N–H and O–H groups in total. The van der Waals surface area contributed by atoms with Crippen molar-refractivity contribution in [3.63, 3.8) is 0 Å². The number of phenolic OH excluding ortho intramolecular Hbond substituents is 1. The molecule has 0 aliphatic carbocycles. The first-order valence-electron chi connectivity index (χ1n) is 5.10. The van der Waals surface area contributed by atoms with Crippen molar-refractivity contribution in [1.29, 1.82) is 0 Å². The minimum atomic E-state index is -0.368. The second-order valence-corrected chi connectivity index (χ2v) is 5.03. The van der Waals surface area contributed by atoms with Gasteiger partial charge in [0.2, 0.25) is 0 Å². The molecule has 0 bridgehead atoms. The molecular formula is C13H10ClFO2S. The van der Waals surface area contributed by atoms with Gasteiger partial charge in [0.25, 0.3) is 0 Å². The molecule has 0 spiro atoms. The first-order valence-corrected chi connectivity index (χ1v) is 6.29. The smallest absolute Gasteiger partial charge is 0.161 e. The Labute approximate surface area is 113 Å². The van der Waals surface area contributed by atoms with Gasteiger partial charge in [-0.25, -0.2) is 4.39 Å². The molecule has 0 fully saturated rings. The van der Waals surface area contributed by atoms with E-state index in [1.807, 2.05) is 0 Å². The number of halogens is 2. The molecule has 2 rings (SSSR count). The van der Waals surface area contributed by atoms with Crippen LogP contribution in [0.15, 0.2) is 46.2 Å². The van der Waals surface area contributed by atoms with Crippen LogP contribution in [0.1, 0.15) is 0 Å². The van der Waals surface area contributed by atoms with Gasteiger partial charge in [-0.3, -0.25) is 0 Å². The maximum Gasteiger partial charge on any atom is 0.161 e. The molecule has 0 aromatic heterocycles. The minimum absolute atomic E-state index is 0.0760. The summed E-state index contributed by atoms with van der Waals surface area (Å²) in [6, 6.07) is 9.20. The third-order valence-corrected chi connectivity index (χ3v) is 3.76. The number of hydrogen-bond acceptors (Lipinski definition) is 3. The molecule has 0 heterocycles. The zero-order valence-corrected chi connectivity index (χ0v) is 11.1. The number of aromatic hydroxyl groups is 1. The van der Waals surface area contributed by atoms with Gasteiger partial charge in [-0.1, -0.05) is 23.4 Å². The van der Waals surface area contributed by atoms with E-state index >= 15 is 0 Å². The van der Waals surface area contributed by atoms with E-state index in [0.29, 0.717) is 10.8 Å². The fourth-order valence-corrected chi connectivity index (χ4v) is 2.54. The Morgan fingerprint density at radius 1 is 1.22 bits per heavy atom. The summed E-state index contributed by atoms with van der Waals surface area (Å²) in [7, 11) is 1.48. The molecule has 94 valence electrons. The van der Waals surface area contributed by atoms with Gasteiger partial charge < -0.3 is 9.84 Å². The quantitative estimate of drug-likeness (QED) is 0.909. The zero-order chi connectivity index (χ0) is 13.1. The normalized spacial score (nSPS) is 10.4. The molecule has 0 unspecified atom stereocenters. The first-order chi connectivity index (χ1) is 8.60. The first kappa shape index (κ1) is 13.1. The summed E-state index contributed by atoms with van der Waals surface area (Å²) in [4.78, 5) is 1.59. The van der Waals surface area contributed by atoms with E-state index in [4.69, 9.17) is 16.3 Å². The van der Waals surface area contributed by atoms with E-state index in [9.17, 15) is 9.50 Å². The summed E-state index contributed by atoms with van der Waals surface area (Å²) in [6.07, 6.45) is 0. The molecular weight excluding hydrogens is 275 g/mol. The van der Waals surface area contributed by atoms with Gasteiger partial charge in [-0.15, -0.1) is 0 Å². The van der Waals surface area contributed by atoms with E-state index in [1.54, 1.807) is 24.3 Å². The summed E-state index contributed by atoms with van der Waals surface area (Å²) in [5, 5.41) is 9.84. The molecule has 18 heavy (non-hydrogen) atoms. The lowest BCUT2D eigenvalue weighted by molar-refractivity contribution is 0.372. The lowest BCUT2D eigenvalue weighted by Gasteiger charge is -2.07. The lowest BCUT2D eigenvalue weighted by atomic mass is 10.3. The lowest BCUT2D eigenvalue weighted by Crippen LogP contribution is -1.84. The molecule has 5 heteroatoms. The van der Waals surface area contributed by atoms with Crippen LogP contribution in [0.4, 0.5) is 4.39 Å². The SMILES string of the molecule is COc1cc(Sc2ccc(F)cc2Cl)ccc1O. The highest BCUT2D eigenvalue weighted by molar-refractivity contribution is 7.99. The third-order valence-electron chi connectivity index (χ3n) is 2.27. The van der Waals surface area contributed by atoms with Crippen molar-refractivity contribution in [3.8, 4) is 11.5 Å². The average Bonchev–Trinajstić information content (AvgIpc) is 2.35. The van der Waals surface area contributed by atoms with Gasteiger partial charge >= 0.3 is 0 Å².